The van der Waals surface area contributed by atoms with Crippen LogP contribution in [0.2, 0.25) is 0 Å². The Morgan fingerprint density at radius 3 is 2.18 bits per heavy atom. The van der Waals surface area contributed by atoms with E-state index >= 15 is 0 Å². The predicted molar refractivity (Wildman–Crippen MR) is 238 cm³/mol. The molecule has 1 aliphatic carbocycles. The molecule has 62 heavy (non-hydrogen) atoms. The van der Waals surface area contributed by atoms with Crippen molar-refractivity contribution >= 4 is 68.5 Å². The highest BCUT2D eigenvalue weighted by Crippen LogP contribution is 2.33. The van der Waals surface area contributed by atoms with Crippen LogP contribution in [0.25, 0.3) is 10.2 Å². The molecule has 6 amide bonds. The van der Waals surface area contributed by atoms with Crippen molar-refractivity contribution in [2.75, 3.05) is 64.1 Å². The third-order valence-corrected chi connectivity index (χ3v) is 12.2. The maximum absolute atomic E-state index is 13.7. The Labute approximate surface area is 367 Å². The number of anilines is 1. The van der Waals surface area contributed by atoms with Gasteiger partial charge in [0.05, 0.1) is 42.3 Å². The summed E-state index contributed by atoms with van der Waals surface area (Å²) in [6, 6.07) is 11.8. The molecule has 0 bridgehead atoms. The van der Waals surface area contributed by atoms with Crippen LogP contribution in [0.15, 0.2) is 53.9 Å². The van der Waals surface area contributed by atoms with Crippen LogP contribution in [-0.2, 0) is 44.8 Å². The van der Waals surface area contributed by atoms with Crippen molar-refractivity contribution in [3.8, 4) is 0 Å². The second-order valence-corrected chi connectivity index (χ2v) is 16.8. The number of fused-ring (bicyclic) bond motifs is 1. The zero-order valence-electron chi connectivity index (χ0n) is 36.1. The van der Waals surface area contributed by atoms with Gasteiger partial charge in [0.15, 0.2) is 5.78 Å². The van der Waals surface area contributed by atoms with Crippen LogP contribution < -0.4 is 20.9 Å². The third-order valence-electron chi connectivity index (χ3n) is 11.3. The number of ether oxygens (including phenoxy) is 2. The van der Waals surface area contributed by atoms with Gasteiger partial charge in [0.2, 0.25) is 23.6 Å². The summed E-state index contributed by atoms with van der Waals surface area (Å²) in [7, 11) is 0. The van der Waals surface area contributed by atoms with Gasteiger partial charge in [-0.2, -0.15) is 0 Å². The van der Waals surface area contributed by atoms with Gasteiger partial charge in [-0.3, -0.25) is 38.5 Å². The predicted octanol–water partition coefficient (Wildman–Crippen LogP) is 5.09. The minimum Gasteiger partial charge on any atom is -0.379 e. The fraction of sp³-hybridized carbons (Fsp3) is 0.543. The first-order chi connectivity index (χ1) is 30.0. The fourth-order valence-corrected chi connectivity index (χ4v) is 8.69. The average Bonchev–Trinajstić information content (AvgIpc) is 3.95. The van der Waals surface area contributed by atoms with Crippen molar-refractivity contribution in [1.29, 1.82) is 0 Å². The van der Waals surface area contributed by atoms with Crippen molar-refractivity contribution in [2.45, 2.75) is 91.0 Å². The summed E-state index contributed by atoms with van der Waals surface area (Å²) in [4.78, 5) is 90.1. The topological polar surface area (TPSA) is 185 Å². The zero-order valence-corrected chi connectivity index (χ0v) is 36.9. The van der Waals surface area contributed by atoms with E-state index < -0.39 is 11.8 Å². The van der Waals surface area contributed by atoms with E-state index in [9.17, 15) is 33.6 Å². The van der Waals surface area contributed by atoms with Crippen molar-refractivity contribution in [3.63, 3.8) is 0 Å². The van der Waals surface area contributed by atoms with Gasteiger partial charge < -0.3 is 34.9 Å². The molecule has 1 saturated carbocycles. The van der Waals surface area contributed by atoms with E-state index in [1.165, 1.54) is 12.2 Å². The van der Waals surface area contributed by atoms with E-state index in [1.54, 1.807) is 16.2 Å². The molecule has 0 saturated heterocycles. The number of likely N-dealkylation sites (N-methyl/N-ethyl adjacent to an activating group) is 1. The number of imide groups is 1. The number of rotatable bonds is 27. The maximum Gasteiger partial charge on any atom is 0.253 e. The van der Waals surface area contributed by atoms with E-state index in [0.717, 1.165) is 77.7 Å². The number of hydrogen-bond acceptors (Lipinski definition) is 10. The lowest BCUT2D eigenvalue weighted by Gasteiger charge is -2.27. The van der Waals surface area contributed by atoms with Gasteiger partial charge in [-0.05, 0) is 93.5 Å². The highest BCUT2D eigenvalue weighted by atomic mass is 32.1. The van der Waals surface area contributed by atoms with Gasteiger partial charge in [0, 0.05) is 75.7 Å². The Morgan fingerprint density at radius 1 is 0.790 bits per heavy atom. The van der Waals surface area contributed by atoms with Crippen molar-refractivity contribution in [2.24, 2.45) is 11.8 Å². The second-order valence-electron chi connectivity index (χ2n) is 15.9. The van der Waals surface area contributed by atoms with E-state index in [1.807, 2.05) is 60.2 Å². The van der Waals surface area contributed by atoms with Gasteiger partial charge in [0.25, 0.3) is 11.8 Å². The Morgan fingerprint density at radius 2 is 1.47 bits per heavy atom. The molecular weight excluding hydrogens is 813 g/mol. The number of unbranched alkanes of at least 4 members (excludes halogenated alkanes) is 3. The van der Waals surface area contributed by atoms with Crippen LogP contribution in [0.5, 0.6) is 0 Å². The van der Waals surface area contributed by atoms with Gasteiger partial charge in [0.1, 0.15) is 6.54 Å². The number of benzene rings is 1. The second kappa shape index (κ2) is 25.1. The molecule has 336 valence electrons. The molecule has 0 spiro atoms. The molecule has 1 aromatic carbocycles. The van der Waals surface area contributed by atoms with E-state index in [2.05, 4.69) is 16.0 Å². The molecule has 0 atom stereocenters. The highest BCUT2D eigenvalue weighted by molar-refractivity contribution is 7.17. The van der Waals surface area contributed by atoms with Crippen molar-refractivity contribution in [1.82, 2.24) is 25.4 Å². The van der Waals surface area contributed by atoms with E-state index in [0.29, 0.717) is 51.5 Å². The molecule has 1 aliphatic heterocycles. The normalized spacial score (nSPS) is 16.2. The summed E-state index contributed by atoms with van der Waals surface area (Å²) in [5, 5.41) is 10.7. The van der Waals surface area contributed by atoms with Gasteiger partial charge in [-0.1, -0.05) is 25.0 Å². The number of hydrogen-bond donors (Lipinski definition) is 3. The van der Waals surface area contributed by atoms with E-state index in [4.69, 9.17) is 9.47 Å². The molecule has 0 radical (unpaired) electrons. The molecule has 15 nitrogen and oxygen atoms in total. The Kier molecular flexibility index (Phi) is 19.3. The first-order valence-corrected chi connectivity index (χ1v) is 22.9. The Hall–Kier alpha value is -5.19. The maximum atomic E-state index is 13.7. The average molecular weight is 875 g/mol. The van der Waals surface area contributed by atoms with Crippen LogP contribution in [0, 0.1) is 18.8 Å². The number of carbonyl (C=O) groups excluding carboxylic acids is 7. The molecule has 2 aromatic heterocycles. The summed E-state index contributed by atoms with van der Waals surface area (Å²) in [5.41, 5.74) is 3.42. The third kappa shape index (κ3) is 14.7. The lowest BCUT2D eigenvalue weighted by Crippen LogP contribution is -2.35. The molecule has 16 heteroatoms. The highest BCUT2D eigenvalue weighted by Gasteiger charge is 2.29. The molecule has 3 N–H and O–H groups in total. The van der Waals surface area contributed by atoms with Gasteiger partial charge >= 0.3 is 0 Å². The number of Topliss-reactive ketones (excluding diaryl/α,β-unsaturated/α-hetero) is 1. The minimum absolute atomic E-state index is 0.0271. The summed E-state index contributed by atoms with van der Waals surface area (Å²) < 4.78 is 13.8. The van der Waals surface area contributed by atoms with Crippen LogP contribution in [0.1, 0.15) is 93.6 Å². The van der Waals surface area contributed by atoms with Gasteiger partial charge in [-0.25, -0.2) is 0 Å². The first kappa shape index (κ1) is 47.9. The summed E-state index contributed by atoms with van der Waals surface area (Å²) in [6.07, 6.45) is 9.82. The molecule has 1 fully saturated rings. The molecule has 5 rings (SSSR count). The monoisotopic (exact) mass is 874 g/mol. The number of thiophene rings is 1. The van der Waals surface area contributed by atoms with Crippen LogP contribution in [0.3, 0.4) is 0 Å². The van der Waals surface area contributed by atoms with Crippen LogP contribution in [0.4, 0.5) is 5.69 Å². The molecule has 3 aromatic rings. The molecular formula is C46H62N6O9S. The standard InChI is InChI=1S/C46H62N6O9S/c1-3-50(36-10-8-9-33(2)29-36)45(58)32-52-37-19-28-62-40(37)31-38(52)39(53)30-34-11-13-35(14-12-34)46(59)49-21-7-5-4-6-20-47-42(55)18-24-60-26-27-61-25-22-48-41(54)17-23-51-43(56)15-16-44(51)57/h8-10,15-16,19,28-29,31,34-35H,3-7,11-14,17-18,20-27,30,32H2,1-2H3,(H,47,55)(H,48,54)(H,49,59). The van der Waals surface area contributed by atoms with E-state index in [-0.39, 0.29) is 80.4 Å². The first-order valence-electron chi connectivity index (χ1n) is 22.0. The number of aromatic nitrogens is 1. The van der Waals surface area contributed by atoms with Crippen LogP contribution in [-0.4, -0.2) is 110 Å². The lowest BCUT2D eigenvalue weighted by atomic mass is 9.79. The molecule has 2 aliphatic rings. The summed E-state index contributed by atoms with van der Waals surface area (Å²) in [5.74, 6) is -0.944. The Balaban J connectivity index is 0.852. The van der Waals surface area contributed by atoms with Gasteiger partial charge in [-0.15, -0.1) is 11.3 Å². The lowest BCUT2D eigenvalue weighted by molar-refractivity contribution is -0.137. The quantitative estimate of drug-likeness (QED) is 0.0533. The van der Waals surface area contributed by atoms with Crippen LogP contribution >= 0.6 is 11.3 Å². The number of ketones is 1. The number of nitrogens with one attached hydrogen (secondary N) is 3. The fourth-order valence-electron chi connectivity index (χ4n) is 7.87. The molecule has 3 heterocycles. The summed E-state index contributed by atoms with van der Waals surface area (Å²) in [6.45, 7) is 7.32. The number of carbonyl (C=O) groups is 7. The van der Waals surface area contributed by atoms with Crippen molar-refractivity contribution < 1.29 is 43.0 Å². The summed E-state index contributed by atoms with van der Waals surface area (Å²) >= 11 is 1.57. The van der Waals surface area contributed by atoms with Crippen molar-refractivity contribution in [3.05, 3.63) is 65.2 Å². The zero-order chi connectivity index (χ0) is 44.3. The SMILES string of the molecule is CCN(C(=O)Cn1c(C(=O)CC2CCC(C(=O)NCCCCCCNC(=O)CCOCCOCCNC(=O)CCN3C(=O)C=CC3=O)CC2)cc2sccc21)c1cccc(C)c1. The minimum atomic E-state index is -0.413. The number of amides is 6. The number of aryl methyl sites for hydroxylation is 1. The largest absolute Gasteiger partial charge is 0.379 e. The Bertz CT molecular complexity index is 2020. The smallest absolute Gasteiger partial charge is 0.253 e. The number of nitrogens with zero attached hydrogens (tertiary/aromatic N) is 3. The molecule has 0 unspecified atom stereocenters.